The zero-order valence-corrected chi connectivity index (χ0v) is 33.6. The van der Waals surface area contributed by atoms with Crippen LogP contribution in [0.25, 0.3) is 0 Å². The van der Waals surface area contributed by atoms with Crippen LogP contribution in [0.1, 0.15) is 47.2 Å². The number of methoxy groups -OCH3 is 4. The lowest BCUT2D eigenvalue weighted by molar-refractivity contribution is 0.183. The number of amides is 4. The Morgan fingerprint density at radius 2 is 0.982 bits per heavy atom. The van der Waals surface area contributed by atoms with Crippen molar-refractivity contribution in [3.05, 3.63) is 116 Å². The first-order chi connectivity index (χ1) is 26.8. The lowest BCUT2D eigenvalue weighted by Crippen LogP contribution is -2.41. The number of nitrogens with zero attached hydrogens (tertiary/aromatic N) is 4. The Morgan fingerprint density at radius 1 is 0.643 bits per heavy atom. The first-order valence-corrected chi connectivity index (χ1v) is 18.2. The second kappa shape index (κ2) is 17.9. The zero-order chi connectivity index (χ0) is 40.8. The number of carbonyl (C=O) groups excluding carboxylic acids is 2. The zero-order valence-electron chi connectivity index (χ0n) is 32.1. The summed E-state index contributed by atoms with van der Waals surface area (Å²) >= 11 is 12.0. The van der Waals surface area contributed by atoms with Gasteiger partial charge in [0.15, 0.2) is 34.6 Å². The Morgan fingerprint density at radius 3 is 1.27 bits per heavy atom. The first kappa shape index (κ1) is 41.6. The highest BCUT2D eigenvalue weighted by Gasteiger charge is 2.33. The van der Waals surface area contributed by atoms with Crippen molar-refractivity contribution in [1.82, 2.24) is 20.7 Å². The number of hydrogen-bond acceptors (Lipinski definition) is 8. The topological polar surface area (TPSA) is 126 Å². The molecule has 0 aliphatic carbocycles. The van der Waals surface area contributed by atoms with Crippen LogP contribution in [0, 0.1) is 11.6 Å². The molecule has 2 aliphatic rings. The van der Waals surface area contributed by atoms with E-state index in [1.54, 1.807) is 60.7 Å². The van der Waals surface area contributed by atoms with E-state index in [0.717, 1.165) is 0 Å². The normalized spacial score (nSPS) is 16.0. The maximum absolute atomic E-state index is 15.3. The van der Waals surface area contributed by atoms with E-state index >= 15 is 8.78 Å². The van der Waals surface area contributed by atoms with Crippen LogP contribution in [0.5, 0.6) is 23.0 Å². The van der Waals surface area contributed by atoms with Crippen molar-refractivity contribution in [2.24, 2.45) is 10.2 Å². The highest BCUT2D eigenvalue weighted by molar-refractivity contribution is 6.31. The minimum atomic E-state index is -0.524. The van der Waals surface area contributed by atoms with Gasteiger partial charge in [-0.3, -0.25) is 0 Å². The Kier molecular flexibility index (Phi) is 13.3. The summed E-state index contributed by atoms with van der Waals surface area (Å²) in [4.78, 5) is 24.8. The smallest absolute Gasteiger partial charge is 0.337 e. The predicted molar refractivity (Wildman–Crippen MR) is 212 cm³/mol. The average Bonchev–Trinajstić information content (AvgIpc) is 3.45. The first-order valence-electron chi connectivity index (χ1n) is 17.4. The third-order valence-corrected chi connectivity index (χ3v) is 9.77. The molecule has 2 atom stereocenters. The molecule has 4 amide bonds. The lowest BCUT2D eigenvalue weighted by atomic mass is 9.93. The molecule has 6 rings (SSSR count). The second-order valence-corrected chi connectivity index (χ2v) is 13.6. The van der Waals surface area contributed by atoms with Crippen LogP contribution >= 0.6 is 23.2 Å². The summed E-state index contributed by atoms with van der Waals surface area (Å²) in [5, 5.41) is 18.1. The minimum Gasteiger partial charge on any atom is -0.493 e. The SMILES string of the molecule is CNC(=O)N1N=C(c2ccc(Cl)cc2)c2cc(OC)c(OC)c(F)c2CC1C.CNC(=O)N1N=C(c2ccc(Cl)cc2)c2cc(OC)c(OC)c(F)c2C[C@H]1C. The van der Waals surface area contributed by atoms with Gasteiger partial charge in [-0.05, 0) is 63.1 Å². The fourth-order valence-corrected chi connectivity index (χ4v) is 6.70. The van der Waals surface area contributed by atoms with Crippen LogP contribution < -0.4 is 29.6 Å². The molecule has 4 aromatic rings. The highest BCUT2D eigenvalue weighted by atomic mass is 35.5. The standard InChI is InChI=1S/2C20H21ClFN3O3/c2*1-11-9-14-15(10-16(27-3)19(28-4)17(14)22)18(24-25(11)20(26)23-2)12-5-7-13(21)8-6-12/h2*5-8,10-11H,9H2,1-4H3,(H,23,26)/t11-;/m1./s1. The third kappa shape index (κ3) is 8.31. The molecule has 16 heteroatoms. The maximum atomic E-state index is 15.3. The van der Waals surface area contributed by atoms with Crippen LogP contribution in [0.4, 0.5) is 18.4 Å². The Labute approximate surface area is 334 Å². The van der Waals surface area contributed by atoms with Gasteiger partial charge in [-0.15, -0.1) is 0 Å². The molecule has 2 aliphatic heterocycles. The van der Waals surface area contributed by atoms with Crippen LogP contribution in [0.3, 0.4) is 0 Å². The number of hydrogen-bond donors (Lipinski definition) is 2. The molecule has 2 N–H and O–H groups in total. The summed E-state index contributed by atoms with van der Waals surface area (Å²) < 4.78 is 51.7. The monoisotopic (exact) mass is 810 g/mol. The lowest BCUT2D eigenvalue weighted by Gasteiger charge is -2.22. The number of nitrogens with one attached hydrogen (secondary N) is 2. The fourth-order valence-electron chi connectivity index (χ4n) is 6.45. The van der Waals surface area contributed by atoms with Gasteiger partial charge in [0, 0.05) is 57.5 Å². The third-order valence-electron chi connectivity index (χ3n) is 9.26. The van der Waals surface area contributed by atoms with E-state index in [1.807, 2.05) is 13.8 Å². The van der Waals surface area contributed by atoms with E-state index in [2.05, 4.69) is 20.8 Å². The van der Waals surface area contributed by atoms with E-state index in [9.17, 15) is 9.59 Å². The molecule has 12 nitrogen and oxygen atoms in total. The van der Waals surface area contributed by atoms with Gasteiger partial charge in [0.2, 0.25) is 0 Å². The molecule has 2 heterocycles. The molecule has 0 aromatic heterocycles. The molecule has 0 spiro atoms. The molecular formula is C40H42Cl2F2N6O6. The number of halogens is 4. The second-order valence-electron chi connectivity index (χ2n) is 12.7. The molecule has 0 saturated heterocycles. The Balaban J connectivity index is 0.000000214. The van der Waals surface area contributed by atoms with Crippen LogP contribution in [-0.4, -0.2) is 88.1 Å². The van der Waals surface area contributed by atoms with Crippen molar-refractivity contribution < 1.29 is 37.3 Å². The number of carbonyl (C=O) groups is 2. The molecule has 296 valence electrons. The number of hydrazone groups is 2. The van der Waals surface area contributed by atoms with Gasteiger partial charge in [0.05, 0.1) is 51.9 Å². The summed E-state index contributed by atoms with van der Waals surface area (Å²) in [6, 6.07) is 15.8. The van der Waals surface area contributed by atoms with Gasteiger partial charge >= 0.3 is 12.1 Å². The van der Waals surface area contributed by atoms with Gasteiger partial charge in [-0.25, -0.2) is 28.4 Å². The Hall–Kier alpha value is -5.60. The number of rotatable bonds is 6. The fraction of sp³-hybridized carbons (Fsp3) is 0.300. The molecule has 4 aromatic carbocycles. The van der Waals surface area contributed by atoms with Crippen LogP contribution in [0.2, 0.25) is 10.0 Å². The predicted octanol–water partition coefficient (Wildman–Crippen LogP) is 7.67. The Bertz CT molecular complexity index is 2020. The highest BCUT2D eigenvalue weighted by Crippen LogP contribution is 2.39. The number of urea groups is 2. The molecule has 0 saturated carbocycles. The van der Waals surface area contributed by atoms with E-state index in [1.165, 1.54) is 52.6 Å². The van der Waals surface area contributed by atoms with Gasteiger partial charge in [-0.2, -0.15) is 10.2 Å². The molecule has 0 bridgehead atoms. The summed E-state index contributed by atoms with van der Waals surface area (Å²) in [5.74, 6) is -0.495. The van der Waals surface area contributed by atoms with Crippen molar-refractivity contribution in [2.45, 2.75) is 38.8 Å². The molecule has 1 unspecified atom stereocenters. The van der Waals surface area contributed by atoms with E-state index < -0.39 is 11.6 Å². The quantitative estimate of drug-likeness (QED) is 0.206. The molecule has 56 heavy (non-hydrogen) atoms. The molecular weight excluding hydrogens is 769 g/mol. The van der Waals surface area contributed by atoms with Crippen LogP contribution in [-0.2, 0) is 12.8 Å². The summed E-state index contributed by atoms with van der Waals surface area (Å²) in [6.07, 6.45) is 0.519. The summed E-state index contributed by atoms with van der Waals surface area (Å²) in [7, 11) is 8.71. The van der Waals surface area contributed by atoms with Crippen LogP contribution in [0.15, 0.2) is 70.9 Å². The number of ether oxygens (including phenoxy) is 4. The van der Waals surface area contributed by atoms with E-state index in [0.29, 0.717) is 54.8 Å². The van der Waals surface area contributed by atoms with E-state index in [-0.39, 0.29) is 60.0 Å². The summed E-state index contributed by atoms with van der Waals surface area (Å²) in [5.41, 5.74) is 4.17. The summed E-state index contributed by atoms with van der Waals surface area (Å²) in [6.45, 7) is 3.62. The van der Waals surface area contributed by atoms with Gasteiger partial charge in [0.25, 0.3) is 0 Å². The van der Waals surface area contributed by atoms with E-state index in [4.69, 9.17) is 42.1 Å². The number of fused-ring (bicyclic) bond motifs is 2. The average molecular weight is 812 g/mol. The van der Waals surface area contributed by atoms with Gasteiger partial charge in [0.1, 0.15) is 0 Å². The van der Waals surface area contributed by atoms with Gasteiger partial charge < -0.3 is 29.6 Å². The van der Waals surface area contributed by atoms with Crippen molar-refractivity contribution in [2.75, 3.05) is 42.5 Å². The van der Waals surface area contributed by atoms with Crippen molar-refractivity contribution in [3.63, 3.8) is 0 Å². The van der Waals surface area contributed by atoms with Crippen molar-refractivity contribution >= 4 is 46.7 Å². The minimum absolute atomic E-state index is 0.0253. The molecule has 0 radical (unpaired) electrons. The van der Waals surface area contributed by atoms with Gasteiger partial charge in [-0.1, -0.05) is 47.5 Å². The molecule has 0 fully saturated rings. The number of benzene rings is 4. The largest absolute Gasteiger partial charge is 0.493 e. The van der Waals surface area contributed by atoms with Crippen molar-refractivity contribution in [3.8, 4) is 23.0 Å². The van der Waals surface area contributed by atoms with Crippen molar-refractivity contribution in [1.29, 1.82) is 0 Å². The maximum Gasteiger partial charge on any atom is 0.337 e.